The van der Waals surface area contributed by atoms with Crippen LogP contribution in [0.2, 0.25) is 19.6 Å². The molecule has 0 fully saturated rings. The van der Waals surface area contributed by atoms with Gasteiger partial charge in [-0.3, -0.25) is 0 Å². The highest BCUT2D eigenvalue weighted by molar-refractivity contribution is 6.89. The lowest BCUT2D eigenvalue weighted by Crippen LogP contribution is -2.46. The van der Waals surface area contributed by atoms with Crippen molar-refractivity contribution in [2.45, 2.75) is 26.6 Å². The van der Waals surface area contributed by atoms with Crippen LogP contribution in [-0.2, 0) is 7.05 Å². The maximum absolute atomic E-state index is 10.0. The second kappa shape index (κ2) is 11.0. The standard InChI is InChI=1S/C41H35N2OSi/c1-27-16-22-33-34-23-21-32(25-42)39(31-14-10-7-11-15-31)41(34)44-40(33)38(27)36-24-35(37(26-43(36)2)45(3,4)5)30-19-17-29(18-20-30)28-12-8-6-9-13-28/h6-24,26H,1-5H3/q+1. The highest BCUT2D eigenvalue weighted by Crippen LogP contribution is 2.42. The molecular formula is C41H35N2OSi+. The number of furan rings is 1. The first kappa shape index (κ1) is 28.5. The number of benzene rings is 5. The molecule has 0 unspecified atom stereocenters. The summed E-state index contributed by atoms with van der Waals surface area (Å²) < 4.78 is 9.12. The average molecular weight is 600 g/mol. The Balaban J connectivity index is 1.47. The quantitative estimate of drug-likeness (QED) is 0.146. The first-order valence-corrected chi connectivity index (χ1v) is 18.9. The van der Waals surface area contributed by atoms with Gasteiger partial charge in [-0.25, -0.2) is 4.57 Å². The van der Waals surface area contributed by atoms with E-state index in [1.807, 2.05) is 42.5 Å². The zero-order valence-corrected chi connectivity index (χ0v) is 27.3. The van der Waals surface area contributed by atoms with E-state index >= 15 is 0 Å². The molecule has 45 heavy (non-hydrogen) atoms. The fraction of sp³-hybridized carbons (Fsp3) is 0.122. The molecule has 218 valence electrons. The predicted octanol–water partition coefficient (Wildman–Crippen LogP) is 9.80. The molecule has 0 aliphatic rings. The molecule has 0 saturated carbocycles. The van der Waals surface area contributed by atoms with Crippen molar-refractivity contribution in [1.29, 1.82) is 5.26 Å². The van der Waals surface area contributed by atoms with Crippen molar-refractivity contribution in [3.8, 4) is 50.7 Å². The van der Waals surface area contributed by atoms with Crippen LogP contribution in [0.5, 0.6) is 0 Å². The van der Waals surface area contributed by atoms with Crippen LogP contribution in [0, 0.1) is 18.3 Å². The molecule has 7 aromatic rings. The minimum Gasteiger partial charge on any atom is -0.454 e. The molecule has 4 heteroatoms. The lowest BCUT2D eigenvalue weighted by Gasteiger charge is -2.21. The number of aryl methyl sites for hydroxylation is 2. The number of aromatic nitrogens is 1. The van der Waals surface area contributed by atoms with E-state index in [-0.39, 0.29) is 0 Å². The summed E-state index contributed by atoms with van der Waals surface area (Å²) in [5.74, 6) is 0. The lowest BCUT2D eigenvalue weighted by atomic mass is 9.95. The number of nitriles is 1. The van der Waals surface area contributed by atoms with Gasteiger partial charge in [-0.2, -0.15) is 5.26 Å². The minimum atomic E-state index is -1.72. The summed E-state index contributed by atoms with van der Waals surface area (Å²) in [6.07, 6.45) is 2.34. The van der Waals surface area contributed by atoms with Gasteiger partial charge in [0.15, 0.2) is 6.20 Å². The molecule has 0 radical (unpaired) electrons. The third kappa shape index (κ3) is 4.96. The van der Waals surface area contributed by atoms with Crippen molar-refractivity contribution >= 4 is 35.2 Å². The van der Waals surface area contributed by atoms with Gasteiger partial charge in [-0.1, -0.05) is 117 Å². The highest BCUT2D eigenvalue weighted by atomic mass is 28.3. The zero-order chi connectivity index (χ0) is 31.3. The molecule has 3 nitrogen and oxygen atoms in total. The zero-order valence-electron chi connectivity index (χ0n) is 26.3. The fourth-order valence-electron chi connectivity index (χ4n) is 6.51. The molecule has 0 atom stereocenters. The molecule has 0 spiro atoms. The maximum Gasteiger partial charge on any atom is 0.216 e. The van der Waals surface area contributed by atoms with Crippen molar-refractivity contribution in [1.82, 2.24) is 0 Å². The maximum atomic E-state index is 10.0. The van der Waals surface area contributed by atoms with E-state index in [9.17, 15) is 5.26 Å². The summed E-state index contributed by atoms with van der Waals surface area (Å²) in [6, 6.07) is 42.6. The van der Waals surface area contributed by atoms with Crippen LogP contribution < -0.4 is 9.75 Å². The molecule has 0 amide bonds. The van der Waals surface area contributed by atoms with Crippen molar-refractivity contribution in [3.05, 3.63) is 133 Å². The average Bonchev–Trinajstić information content (AvgIpc) is 3.43. The van der Waals surface area contributed by atoms with Crippen molar-refractivity contribution in [3.63, 3.8) is 0 Å². The van der Waals surface area contributed by atoms with Gasteiger partial charge in [0.2, 0.25) is 5.69 Å². The Morgan fingerprint density at radius 1 is 0.644 bits per heavy atom. The van der Waals surface area contributed by atoms with Crippen molar-refractivity contribution in [2.75, 3.05) is 0 Å². The van der Waals surface area contributed by atoms with Gasteiger partial charge >= 0.3 is 0 Å². The Kier molecular flexibility index (Phi) is 7.00. The molecule has 5 aromatic carbocycles. The molecule has 0 N–H and O–H groups in total. The molecule has 0 aliphatic heterocycles. The Bertz CT molecular complexity index is 2250. The Morgan fingerprint density at radius 2 is 1.20 bits per heavy atom. The van der Waals surface area contributed by atoms with Crippen molar-refractivity contribution < 1.29 is 8.98 Å². The van der Waals surface area contributed by atoms with E-state index < -0.39 is 8.07 Å². The van der Waals surface area contributed by atoms with Crippen LogP contribution in [-0.4, -0.2) is 8.07 Å². The summed E-state index contributed by atoms with van der Waals surface area (Å²) in [5, 5.41) is 13.5. The SMILES string of the molecule is Cc1ccc2c(oc3c(-c4ccccc4)c(C#N)ccc32)c1-c1cc(-c2ccc(-c3ccccc3)cc2)c([Si](C)(C)C)c[n+]1C. The number of rotatable bonds is 5. The van der Waals surface area contributed by atoms with Gasteiger partial charge in [0, 0.05) is 27.6 Å². The molecular weight excluding hydrogens is 565 g/mol. The van der Waals surface area contributed by atoms with Gasteiger partial charge in [-0.15, -0.1) is 0 Å². The second-order valence-corrected chi connectivity index (χ2v) is 17.9. The van der Waals surface area contributed by atoms with Gasteiger partial charge < -0.3 is 4.42 Å². The van der Waals surface area contributed by atoms with Crippen LogP contribution in [0.25, 0.3) is 66.6 Å². The Morgan fingerprint density at radius 3 is 1.82 bits per heavy atom. The monoisotopic (exact) mass is 599 g/mol. The summed E-state index contributed by atoms with van der Waals surface area (Å²) in [7, 11) is 0.427. The number of nitrogens with zero attached hydrogens (tertiary/aromatic N) is 2. The van der Waals surface area contributed by atoms with E-state index in [1.165, 1.54) is 27.4 Å². The van der Waals surface area contributed by atoms with Gasteiger partial charge in [-0.05, 0) is 52.4 Å². The van der Waals surface area contributed by atoms with E-state index in [0.29, 0.717) is 5.56 Å². The highest BCUT2D eigenvalue weighted by Gasteiger charge is 2.29. The summed E-state index contributed by atoms with van der Waals surface area (Å²) in [6.45, 7) is 9.38. The first-order chi connectivity index (χ1) is 21.7. The topological polar surface area (TPSA) is 40.8 Å². The number of hydrogen-bond donors (Lipinski definition) is 0. The summed E-state index contributed by atoms with van der Waals surface area (Å²) >= 11 is 0. The molecule has 0 bridgehead atoms. The third-order valence-electron chi connectivity index (χ3n) is 8.84. The third-order valence-corrected chi connectivity index (χ3v) is 10.9. The Hall–Kier alpha value is -5.24. The normalized spacial score (nSPS) is 11.6. The van der Waals surface area contributed by atoms with Crippen molar-refractivity contribution in [2.24, 2.45) is 7.05 Å². The van der Waals surface area contributed by atoms with Crippen LogP contribution >= 0.6 is 0 Å². The summed E-state index contributed by atoms with van der Waals surface area (Å²) in [5.41, 5.74) is 12.3. The van der Waals surface area contributed by atoms with Crippen LogP contribution in [0.15, 0.2) is 126 Å². The minimum absolute atomic E-state index is 0.609. The van der Waals surface area contributed by atoms with Gasteiger partial charge in [0.25, 0.3) is 0 Å². The molecule has 2 heterocycles. The fourth-order valence-corrected chi connectivity index (χ4v) is 8.12. The number of pyridine rings is 1. The second-order valence-electron chi connectivity index (χ2n) is 12.9. The van der Waals surface area contributed by atoms with Crippen LogP contribution in [0.4, 0.5) is 0 Å². The Labute approximate surface area is 265 Å². The van der Waals surface area contributed by atoms with Crippen LogP contribution in [0.3, 0.4) is 0 Å². The van der Waals surface area contributed by atoms with E-state index in [1.54, 1.807) is 0 Å². The predicted molar refractivity (Wildman–Crippen MR) is 189 cm³/mol. The van der Waals surface area contributed by atoms with Crippen LogP contribution in [0.1, 0.15) is 11.1 Å². The molecule has 0 saturated heterocycles. The smallest absolute Gasteiger partial charge is 0.216 e. The molecule has 7 rings (SSSR count). The lowest BCUT2D eigenvalue weighted by molar-refractivity contribution is -0.659. The van der Waals surface area contributed by atoms with E-state index in [4.69, 9.17) is 4.42 Å². The van der Waals surface area contributed by atoms with Gasteiger partial charge in [0.1, 0.15) is 18.2 Å². The first-order valence-electron chi connectivity index (χ1n) is 15.4. The largest absolute Gasteiger partial charge is 0.454 e. The molecule has 2 aromatic heterocycles. The summed E-state index contributed by atoms with van der Waals surface area (Å²) in [4.78, 5) is 0. The number of hydrogen-bond acceptors (Lipinski definition) is 2. The van der Waals surface area contributed by atoms with E-state index in [2.05, 4.69) is 123 Å². The number of fused-ring (bicyclic) bond motifs is 3. The van der Waals surface area contributed by atoms with E-state index in [0.717, 1.165) is 49.9 Å². The van der Waals surface area contributed by atoms with Gasteiger partial charge in [0.05, 0.1) is 25.3 Å². The molecule has 0 aliphatic carbocycles.